The number of rotatable bonds is 3. The van der Waals surface area contributed by atoms with E-state index in [4.69, 9.17) is 0 Å². The molecule has 8 heteroatoms. The van der Waals surface area contributed by atoms with Gasteiger partial charge in [-0.15, -0.1) is 0 Å². The van der Waals surface area contributed by atoms with Crippen molar-refractivity contribution < 1.29 is 18.0 Å². The minimum absolute atomic E-state index is 0.0228. The highest BCUT2D eigenvalue weighted by molar-refractivity contribution is 7.89. The number of aromatic nitrogens is 1. The lowest BCUT2D eigenvalue weighted by molar-refractivity contribution is -0.129. The van der Waals surface area contributed by atoms with E-state index < -0.39 is 21.2 Å². The molecule has 7 nitrogen and oxygen atoms in total. The number of amides is 1. The zero-order chi connectivity index (χ0) is 23.1. The molecule has 0 radical (unpaired) electrons. The first kappa shape index (κ1) is 21.8. The van der Waals surface area contributed by atoms with E-state index in [2.05, 4.69) is 6.07 Å². The number of para-hydroxylation sites is 1. The number of fused-ring (bicyclic) bond motifs is 3. The molecule has 0 unspecified atom stereocenters. The Morgan fingerprint density at radius 2 is 1.78 bits per heavy atom. The van der Waals surface area contributed by atoms with Crippen LogP contribution in [-0.2, 0) is 27.8 Å². The first-order valence-corrected chi connectivity index (χ1v) is 12.1. The molecule has 1 aliphatic rings. The maximum atomic E-state index is 14.0. The van der Waals surface area contributed by atoms with Gasteiger partial charge in [0.25, 0.3) is 0 Å². The molecule has 0 N–H and O–H groups in total. The van der Waals surface area contributed by atoms with E-state index >= 15 is 0 Å². The van der Waals surface area contributed by atoms with E-state index in [1.54, 1.807) is 24.3 Å². The molecule has 3 aromatic rings. The molecule has 1 amide bonds. The summed E-state index contributed by atoms with van der Waals surface area (Å²) in [5.74, 6) is -0.650. The van der Waals surface area contributed by atoms with Crippen LogP contribution in [0.3, 0.4) is 0 Å². The van der Waals surface area contributed by atoms with E-state index in [0.717, 1.165) is 15.8 Å². The van der Waals surface area contributed by atoms with Crippen LogP contribution in [0.5, 0.6) is 0 Å². The van der Waals surface area contributed by atoms with E-state index in [9.17, 15) is 23.3 Å². The van der Waals surface area contributed by atoms with Crippen molar-refractivity contribution in [2.45, 2.75) is 26.3 Å². The third kappa shape index (κ3) is 3.59. The fourth-order valence-corrected chi connectivity index (χ4v) is 5.57. The van der Waals surface area contributed by atoms with Crippen molar-refractivity contribution in [3.63, 3.8) is 0 Å². The molecular weight excluding hydrogens is 426 g/mol. The van der Waals surface area contributed by atoms with Gasteiger partial charge >= 0.3 is 0 Å². The number of hydrogen-bond acceptors (Lipinski definition) is 5. The Morgan fingerprint density at radius 3 is 2.41 bits per heavy atom. The van der Waals surface area contributed by atoms with Crippen LogP contribution in [-0.4, -0.2) is 41.8 Å². The molecule has 0 spiro atoms. The Kier molecular flexibility index (Phi) is 5.39. The van der Waals surface area contributed by atoms with Crippen molar-refractivity contribution in [1.82, 2.24) is 8.87 Å². The number of benzene rings is 2. The molecule has 164 valence electrons. The zero-order valence-corrected chi connectivity index (χ0v) is 18.7. The lowest BCUT2D eigenvalue weighted by Crippen LogP contribution is -2.42. The minimum Gasteiger partial charge on any atom is -0.337 e. The average Bonchev–Trinajstić information content (AvgIpc) is 3.08. The highest BCUT2D eigenvalue weighted by atomic mass is 32.2. The molecule has 32 heavy (non-hydrogen) atoms. The van der Waals surface area contributed by atoms with Crippen LogP contribution in [0.4, 0.5) is 0 Å². The van der Waals surface area contributed by atoms with Crippen molar-refractivity contribution in [3.8, 4) is 6.07 Å². The second-order valence-electron chi connectivity index (χ2n) is 8.24. The fraction of sp³-hybridized carbons (Fsp3) is 0.292. The fourth-order valence-electron chi connectivity index (χ4n) is 4.51. The molecule has 0 saturated carbocycles. The van der Waals surface area contributed by atoms with Crippen LogP contribution in [0.1, 0.15) is 35.0 Å². The van der Waals surface area contributed by atoms with E-state index in [-0.39, 0.29) is 43.1 Å². The van der Waals surface area contributed by atoms with E-state index in [0.29, 0.717) is 10.9 Å². The van der Waals surface area contributed by atoms with Crippen molar-refractivity contribution in [2.24, 2.45) is 5.41 Å². The van der Waals surface area contributed by atoms with Gasteiger partial charge in [-0.2, -0.15) is 5.26 Å². The normalized spacial score (nSPS) is 19.2. The monoisotopic (exact) mass is 449 g/mol. The topological polar surface area (TPSA) is 100 Å². The first-order valence-electron chi connectivity index (χ1n) is 10.3. The first-order chi connectivity index (χ1) is 15.2. The summed E-state index contributed by atoms with van der Waals surface area (Å²) in [6.07, 6.45) is 1.41. The zero-order valence-electron chi connectivity index (χ0n) is 17.9. The Hall–Kier alpha value is -3.44. The molecular formula is C24H23N3O4S. The summed E-state index contributed by atoms with van der Waals surface area (Å²) in [4.78, 5) is 27.9. The van der Waals surface area contributed by atoms with Crippen molar-refractivity contribution in [2.75, 3.05) is 12.8 Å². The van der Waals surface area contributed by atoms with Crippen molar-refractivity contribution >= 4 is 32.6 Å². The number of nitrogens with zero attached hydrogens (tertiary/aromatic N) is 3. The van der Waals surface area contributed by atoms with Gasteiger partial charge in [0.05, 0.1) is 35.6 Å². The van der Waals surface area contributed by atoms with Gasteiger partial charge < -0.3 is 4.90 Å². The number of carbonyl (C=O) groups is 2. The van der Waals surface area contributed by atoms with Crippen LogP contribution < -0.4 is 0 Å². The highest BCUT2D eigenvalue weighted by Gasteiger charge is 2.44. The Balaban J connectivity index is 2.04. The third-order valence-electron chi connectivity index (χ3n) is 6.08. The molecule has 0 aliphatic carbocycles. The molecule has 1 aromatic heterocycles. The molecule has 0 saturated heterocycles. The minimum atomic E-state index is -3.79. The predicted octanol–water partition coefficient (Wildman–Crippen LogP) is 3.14. The summed E-state index contributed by atoms with van der Waals surface area (Å²) >= 11 is 0. The van der Waals surface area contributed by atoms with Gasteiger partial charge in [0.2, 0.25) is 15.9 Å². The molecule has 1 aliphatic heterocycles. The van der Waals surface area contributed by atoms with E-state index in [1.165, 1.54) is 11.8 Å². The summed E-state index contributed by atoms with van der Waals surface area (Å²) in [6.45, 7) is 1.55. The summed E-state index contributed by atoms with van der Waals surface area (Å²) in [5.41, 5.74) is 0.184. The van der Waals surface area contributed by atoms with Gasteiger partial charge in [0.1, 0.15) is 5.41 Å². The van der Waals surface area contributed by atoms with Gasteiger partial charge in [0.15, 0.2) is 5.78 Å². The van der Waals surface area contributed by atoms with Gasteiger partial charge in [0, 0.05) is 18.9 Å². The Morgan fingerprint density at radius 1 is 1.12 bits per heavy atom. The molecule has 1 atom stereocenters. The number of hydrogen-bond donors (Lipinski definition) is 0. The van der Waals surface area contributed by atoms with Gasteiger partial charge in [-0.3, -0.25) is 9.59 Å². The van der Waals surface area contributed by atoms with Gasteiger partial charge in [-0.1, -0.05) is 48.5 Å². The van der Waals surface area contributed by atoms with Crippen molar-refractivity contribution in [1.29, 1.82) is 5.26 Å². The number of carbonyl (C=O) groups excluding carboxylic acids is 2. The number of Topliss-reactive ketones (excluding diaryl/α,β-unsaturated/α-hetero) is 1. The van der Waals surface area contributed by atoms with Gasteiger partial charge in [-0.25, -0.2) is 12.4 Å². The van der Waals surface area contributed by atoms with Crippen LogP contribution >= 0.6 is 0 Å². The molecule has 2 heterocycles. The SMILES string of the molecule is CC(=O)N1CC[C@](C#N)(Cc2ccccc2)C(=O)c2c(n(S(C)(=O)=O)c3ccccc23)C1. The van der Waals surface area contributed by atoms with Gasteiger partial charge in [-0.05, 0) is 24.5 Å². The molecule has 2 aromatic carbocycles. The van der Waals surface area contributed by atoms with Crippen LogP contribution in [0.15, 0.2) is 54.6 Å². The molecule has 4 rings (SSSR count). The van der Waals surface area contributed by atoms with Crippen LogP contribution in [0.2, 0.25) is 0 Å². The maximum Gasteiger partial charge on any atom is 0.236 e. The standard InChI is InChI=1S/C24H23N3O4S/c1-17(28)26-13-12-24(16-25,14-18-8-4-3-5-9-18)23(29)22-19-10-6-7-11-20(19)27(21(22)15-26)32(2,30)31/h3-11H,12-15H2,1-2H3/t24-/m1/s1. The quantitative estimate of drug-likeness (QED) is 0.612. The predicted molar refractivity (Wildman–Crippen MR) is 120 cm³/mol. The smallest absolute Gasteiger partial charge is 0.236 e. The lowest BCUT2D eigenvalue weighted by atomic mass is 9.73. The number of nitriles is 1. The molecule has 0 fully saturated rings. The summed E-state index contributed by atoms with van der Waals surface area (Å²) in [5, 5.41) is 10.7. The maximum absolute atomic E-state index is 14.0. The average molecular weight is 450 g/mol. The summed E-state index contributed by atoms with van der Waals surface area (Å²) in [7, 11) is -3.79. The van der Waals surface area contributed by atoms with Crippen LogP contribution in [0, 0.1) is 16.7 Å². The molecule has 0 bridgehead atoms. The third-order valence-corrected chi connectivity index (χ3v) is 7.16. The Labute approximate surface area is 186 Å². The lowest BCUT2D eigenvalue weighted by Gasteiger charge is -2.32. The summed E-state index contributed by atoms with van der Waals surface area (Å²) < 4.78 is 26.7. The Bertz CT molecular complexity index is 1370. The van der Waals surface area contributed by atoms with Crippen molar-refractivity contribution in [3.05, 3.63) is 71.4 Å². The van der Waals surface area contributed by atoms with Crippen LogP contribution in [0.25, 0.3) is 10.9 Å². The number of ketones is 1. The second kappa shape index (κ2) is 7.92. The van der Waals surface area contributed by atoms with E-state index in [1.807, 2.05) is 30.3 Å². The second-order valence-corrected chi connectivity index (χ2v) is 10.1. The summed E-state index contributed by atoms with van der Waals surface area (Å²) in [6, 6.07) is 18.3. The highest BCUT2D eigenvalue weighted by Crippen LogP contribution is 2.39. The largest absolute Gasteiger partial charge is 0.337 e.